The zero-order valence-corrected chi connectivity index (χ0v) is 11.2. The van der Waals surface area contributed by atoms with Crippen molar-refractivity contribution in [2.75, 3.05) is 0 Å². The second-order valence-electron chi connectivity index (χ2n) is 4.51. The van der Waals surface area contributed by atoms with Crippen LogP contribution in [-0.2, 0) is 0 Å². The second kappa shape index (κ2) is 4.56. The zero-order valence-electron chi connectivity index (χ0n) is 10.4. The van der Waals surface area contributed by atoms with Crippen LogP contribution in [0.15, 0.2) is 48.5 Å². The highest BCUT2D eigenvalue weighted by Crippen LogP contribution is 2.32. The average Bonchev–Trinajstić information content (AvgIpc) is 2.70. The summed E-state index contributed by atoms with van der Waals surface area (Å²) in [6.45, 7) is 2.00. The molecule has 3 aromatic rings. The number of rotatable bonds is 2. The summed E-state index contributed by atoms with van der Waals surface area (Å²) in [7, 11) is 0. The summed E-state index contributed by atoms with van der Waals surface area (Å²) in [6, 6.07) is 15.8. The zero-order chi connectivity index (χ0) is 13.4. The second-order valence-corrected chi connectivity index (χ2v) is 4.87. The van der Waals surface area contributed by atoms with Gasteiger partial charge in [0.15, 0.2) is 6.29 Å². The number of carbonyl (C=O) groups excluding carboxylic acids is 1. The lowest BCUT2D eigenvalue weighted by molar-refractivity contribution is 0.112. The van der Waals surface area contributed by atoms with Gasteiger partial charge in [-0.2, -0.15) is 0 Å². The molecule has 0 aliphatic rings. The highest BCUT2D eigenvalue weighted by molar-refractivity contribution is 6.34. The first-order valence-corrected chi connectivity index (χ1v) is 6.41. The molecule has 3 rings (SSSR count). The summed E-state index contributed by atoms with van der Waals surface area (Å²) in [6.07, 6.45) is 0.823. The minimum atomic E-state index is 0.460. The van der Waals surface area contributed by atoms with Crippen molar-refractivity contribution in [2.45, 2.75) is 6.92 Å². The van der Waals surface area contributed by atoms with E-state index in [1.54, 1.807) is 0 Å². The molecule has 94 valence electrons. The van der Waals surface area contributed by atoms with Gasteiger partial charge in [-0.3, -0.25) is 9.36 Å². The largest absolute Gasteiger partial charge is 0.300 e. The van der Waals surface area contributed by atoms with E-state index in [0.29, 0.717) is 10.7 Å². The van der Waals surface area contributed by atoms with E-state index < -0.39 is 0 Å². The fourth-order valence-corrected chi connectivity index (χ4v) is 2.67. The summed E-state index contributed by atoms with van der Waals surface area (Å²) >= 11 is 6.37. The Morgan fingerprint density at radius 2 is 1.84 bits per heavy atom. The number of benzene rings is 2. The molecule has 0 aliphatic carbocycles. The molecule has 0 bridgehead atoms. The molecule has 2 aromatic carbocycles. The molecule has 0 saturated carbocycles. The van der Waals surface area contributed by atoms with E-state index in [9.17, 15) is 4.79 Å². The molecule has 0 N–H and O–H groups in total. The monoisotopic (exact) mass is 269 g/mol. The third kappa shape index (κ3) is 1.85. The first-order valence-electron chi connectivity index (χ1n) is 6.03. The van der Waals surface area contributed by atoms with E-state index in [4.69, 9.17) is 11.6 Å². The maximum Gasteiger partial charge on any atom is 0.153 e. The Balaban J connectivity index is 2.43. The van der Waals surface area contributed by atoms with E-state index in [2.05, 4.69) is 0 Å². The van der Waals surface area contributed by atoms with Crippen molar-refractivity contribution >= 4 is 28.8 Å². The molecule has 0 amide bonds. The number of nitrogens with zero attached hydrogens (tertiary/aromatic N) is 1. The van der Waals surface area contributed by atoms with Gasteiger partial charge in [0.05, 0.1) is 11.1 Å². The molecule has 0 aliphatic heterocycles. The molecule has 1 heterocycles. The highest BCUT2D eigenvalue weighted by Gasteiger charge is 2.16. The Labute approximate surface area is 116 Å². The van der Waals surface area contributed by atoms with Crippen molar-refractivity contribution in [2.24, 2.45) is 0 Å². The van der Waals surface area contributed by atoms with Crippen LogP contribution in [0.5, 0.6) is 0 Å². The lowest BCUT2D eigenvalue weighted by atomic mass is 10.1. The van der Waals surface area contributed by atoms with Gasteiger partial charge in [-0.05, 0) is 31.2 Å². The van der Waals surface area contributed by atoms with Gasteiger partial charge in [0.1, 0.15) is 5.15 Å². The molecule has 2 nitrogen and oxygen atoms in total. The third-order valence-electron chi connectivity index (χ3n) is 3.23. The van der Waals surface area contributed by atoms with Crippen LogP contribution in [0.3, 0.4) is 0 Å². The van der Waals surface area contributed by atoms with Gasteiger partial charge < -0.3 is 0 Å². The maximum absolute atomic E-state index is 11.3. The van der Waals surface area contributed by atoms with Gasteiger partial charge in [-0.25, -0.2) is 0 Å². The van der Waals surface area contributed by atoms with Crippen LogP contribution in [-0.4, -0.2) is 10.9 Å². The molecule has 19 heavy (non-hydrogen) atoms. The van der Waals surface area contributed by atoms with Crippen molar-refractivity contribution in [3.05, 3.63) is 64.8 Å². The van der Waals surface area contributed by atoms with Crippen LogP contribution in [0, 0.1) is 6.92 Å². The average molecular weight is 270 g/mol. The van der Waals surface area contributed by atoms with Crippen molar-refractivity contribution in [1.82, 2.24) is 4.57 Å². The van der Waals surface area contributed by atoms with Crippen LogP contribution >= 0.6 is 11.6 Å². The van der Waals surface area contributed by atoms with Gasteiger partial charge in [0.2, 0.25) is 0 Å². The predicted octanol–water partition coefficient (Wildman–Crippen LogP) is 4.40. The van der Waals surface area contributed by atoms with Gasteiger partial charge >= 0.3 is 0 Å². The molecule has 0 spiro atoms. The molecule has 0 fully saturated rings. The van der Waals surface area contributed by atoms with Gasteiger partial charge in [-0.1, -0.05) is 41.4 Å². The Morgan fingerprint density at radius 3 is 2.53 bits per heavy atom. The van der Waals surface area contributed by atoms with Crippen LogP contribution in [0.25, 0.3) is 16.6 Å². The molecule has 0 unspecified atom stereocenters. The number of hydrogen-bond acceptors (Lipinski definition) is 1. The minimum absolute atomic E-state index is 0.460. The fourth-order valence-electron chi connectivity index (χ4n) is 2.34. The van der Waals surface area contributed by atoms with Gasteiger partial charge in [0.25, 0.3) is 0 Å². The molecule has 3 heteroatoms. The van der Waals surface area contributed by atoms with E-state index in [1.165, 1.54) is 0 Å². The minimum Gasteiger partial charge on any atom is -0.300 e. The molecule has 0 atom stereocenters. The van der Waals surface area contributed by atoms with Gasteiger partial charge in [0, 0.05) is 11.1 Å². The topological polar surface area (TPSA) is 22.0 Å². The van der Waals surface area contributed by atoms with Crippen LogP contribution in [0.4, 0.5) is 0 Å². The summed E-state index contributed by atoms with van der Waals surface area (Å²) < 4.78 is 1.90. The number of aromatic nitrogens is 1. The van der Waals surface area contributed by atoms with E-state index in [0.717, 1.165) is 28.4 Å². The lowest BCUT2D eigenvalue weighted by Crippen LogP contribution is -1.93. The van der Waals surface area contributed by atoms with E-state index in [1.807, 2.05) is 60.0 Å². The SMILES string of the molecule is Cc1ccc2c(c1)c(C=O)c(Cl)n2-c1ccccc1. The third-order valence-corrected chi connectivity index (χ3v) is 3.61. The van der Waals surface area contributed by atoms with Crippen LogP contribution in [0.1, 0.15) is 15.9 Å². The lowest BCUT2D eigenvalue weighted by Gasteiger charge is -2.06. The number of halogens is 1. The molecular formula is C16H12ClNO. The smallest absolute Gasteiger partial charge is 0.153 e. The van der Waals surface area contributed by atoms with E-state index >= 15 is 0 Å². The number of para-hydroxylation sites is 1. The first kappa shape index (κ1) is 12.0. The number of hydrogen-bond donors (Lipinski definition) is 0. The van der Waals surface area contributed by atoms with Crippen LogP contribution < -0.4 is 0 Å². The number of fused-ring (bicyclic) bond motifs is 1. The van der Waals surface area contributed by atoms with Crippen molar-refractivity contribution in [3.8, 4) is 5.69 Å². The Hall–Kier alpha value is -2.06. The van der Waals surface area contributed by atoms with Crippen molar-refractivity contribution in [1.29, 1.82) is 0 Å². The number of aryl methyl sites for hydroxylation is 1. The van der Waals surface area contributed by atoms with E-state index in [-0.39, 0.29) is 0 Å². The van der Waals surface area contributed by atoms with Crippen LogP contribution in [0.2, 0.25) is 5.15 Å². The maximum atomic E-state index is 11.3. The molecule has 0 saturated heterocycles. The Morgan fingerprint density at radius 1 is 1.11 bits per heavy atom. The first-order chi connectivity index (χ1) is 9.22. The quantitative estimate of drug-likeness (QED) is 0.632. The standard InChI is InChI=1S/C16H12ClNO/c1-11-7-8-15-13(9-11)14(10-19)16(17)18(15)12-5-3-2-4-6-12/h2-10H,1H3. The summed E-state index contributed by atoms with van der Waals surface area (Å²) in [5.74, 6) is 0. The molecule has 1 aromatic heterocycles. The van der Waals surface area contributed by atoms with Crippen molar-refractivity contribution in [3.63, 3.8) is 0 Å². The fraction of sp³-hybridized carbons (Fsp3) is 0.0625. The molecular weight excluding hydrogens is 258 g/mol. The highest BCUT2D eigenvalue weighted by atomic mass is 35.5. The molecule has 0 radical (unpaired) electrons. The summed E-state index contributed by atoms with van der Waals surface area (Å²) in [4.78, 5) is 11.3. The normalized spacial score (nSPS) is 10.8. The Kier molecular flexibility index (Phi) is 2.88. The number of aldehydes is 1. The predicted molar refractivity (Wildman–Crippen MR) is 78.4 cm³/mol. The summed E-state index contributed by atoms with van der Waals surface area (Å²) in [5, 5.41) is 1.35. The van der Waals surface area contributed by atoms with Gasteiger partial charge in [-0.15, -0.1) is 0 Å². The Bertz CT molecular complexity index is 759. The summed E-state index contributed by atoms with van der Waals surface area (Å²) in [5.41, 5.74) is 3.56. The van der Waals surface area contributed by atoms with Crippen molar-refractivity contribution < 1.29 is 4.79 Å². The number of carbonyl (C=O) groups is 1.